The van der Waals surface area contributed by atoms with E-state index in [1.54, 1.807) is 4.90 Å². The molecule has 26 heavy (non-hydrogen) atoms. The van der Waals surface area contributed by atoms with Crippen LogP contribution in [-0.4, -0.2) is 43.6 Å². The molecule has 2 atom stereocenters. The van der Waals surface area contributed by atoms with E-state index in [1.807, 2.05) is 0 Å². The minimum atomic E-state index is -4.51. The van der Waals surface area contributed by atoms with Gasteiger partial charge in [0.25, 0.3) is 5.91 Å². The van der Waals surface area contributed by atoms with E-state index < -0.39 is 17.6 Å². The number of halogens is 3. The molecule has 0 bridgehead atoms. The number of likely N-dealkylation sites (tertiary alicyclic amines) is 1. The van der Waals surface area contributed by atoms with E-state index >= 15 is 0 Å². The summed E-state index contributed by atoms with van der Waals surface area (Å²) in [6, 6.07) is 3.05. The fourth-order valence-electron chi connectivity index (χ4n) is 3.74. The number of carbonyl (C=O) groups is 1. The second-order valence-corrected chi connectivity index (χ2v) is 6.86. The summed E-state index contributed by atoms with van der Waals surface area (Å²) in [6.07, 6.45) is -1.28. The maximum atomic E-state index is 13.1. The summed E-state index contributed by atoms with van der Waals surface area (Å²) in [5, 5.41) is 3.37. The maximum Gasteiger partial charge on any atom is 0.416 e. The fourth-order valence-corrected chi connectivity index (χ4v) is 3.74. The van der Waals surface area contributed by atoms with E-state index in [0.717, 1.165) is 38.1 Å². The second-order valence-electron chi connectivity index (χ2n) is 6.86. The largest absolute Gasteiger partial charge is 0.489 e. The van der Waals surface area contributed by atoms with Gasteiger partial charge in [0.2, 0.25) is 0 Å². The Kier molecular flexibility index (Phi) is 5.55. The van der Waals surface area contributed by atoms with Crippen molar-refractivity contribution < 1.29 is 22.7 Å². The first kappa shape index (κ1) is 18.8. The van der Waals surface area contributed by atoms with E-state index in [1.165, 1.54) is 12.1 Å². The van der Waals surface area contributed by atoms with Gasteiger partial charge in [-0.15, -0.1) is 0 Å². The Morgan fingerprint density at radius 3 is 2.50 bits per heavy atom. The Morgan fingerprint density at radius 2 is 1.92 bits per heavy atom. The average molecular weight is 368 g/mol. The van der Waals surface area contributed by atoms with Crippen LogP contribution in [0.1, 0.15) is 28.8 Å². The molecule has 2 aliphatic heterocycles. The van der Waals surface area contributed by atoms with Crippen molar-refractivity contribution in [1.82, 2.24) is 10.2 Å². The number of ether oxygens (including phenoxy) is 1. The van der Waals surface area contributed by atoms with Crippen molar-refractivity contribution in [2.45, 2.75) is 19.0 Å². The third kappa shape index (κ3) is 4.03. The molecule has 0 radical (unpaired) electrons. The van der Waals surface area contributed by atoms with Crippen LogP contribution >= 0.6 is 0 Å². The number of benzene rings is 1. The van der Waals surface area contributed by atoms with Gasteiger partial charge in [-0.3, -0.25) is 4.79 Å². The molecule has 1 N–H and O–H groups in total. The van der Waals surface area contributed by atoms with Crippen LogP contribution in [0.3, 0.4) is 0 Å². The van der Waals surface area contributed by atoms with E-state index in [0.29, 0.717) is 24.9 Å². The van der Waals surface area contributed by atoms with Crippen molar-refractivity contribution in [3.63, 3.8) is 0 Å². The van der Waals surface area contributed by atoms with Gasteiger partial charge >= 0.3 is 6.18 Å². The molecule has 7 heteroatoms. The first-order valence-corrected chi connectivity index (χ1v) is 8.85. The molecule has 4 nitrogen and oxygen atoms in total. The predicted molar refractivity (Wildman–Crippen MR) is 92.1 cm³/mol. The highest BCUT2D eigenvalue weighted by Gasteiger charge is 2.35. The normalized spacial score (nSPS) is 23.3. The number of hydrogen-bond acceptors (Lipinski definition) is 3. The van der Waals surface area contributed by atoms with Gasteiger partial charge in [0, 0.05) is 13.1 Å². The number of alkyl halides is 3. The van der Waals surface area contributed by atoms with Crippen LogP contribution in [0.15, 0.2) is 30.9 Å². The van der Waals surface area contributed by atoms with Crippen LogP contribution in [0.4, 0.5) is 13.2 Å². The molecule has 3 rings (SSSR count). The lowest BCUT2D eigenvalue weighted by atomic mass is 9.92. The lowest BCUT2D eigenvalue weighted by molar-refractivity contribution is -0.137. The molecule has 0 spiro atoms. The number of nitrogens with one attached hydrogen (secondary N) is 1. The van der Waals surface area contributed by atoms with Gasteiger partial charge in [0.1, 0.15) is 12.4 Å². The zero-order valence-electron chi connectivity index (χ0n) is 14.5. The van der Waals surface area contributed by atoms with Gasteiger partial charge < -0.3 is 15.0 Å². The minimum Gasteiger partial charge on any atom is -0.489 e. The van der Waals surface area contributed by atoms with Crippen LogP contribution in [0.5, 0.6) is 5.75 Å². The Labute approximate surface area is 151 Å². The molecule has 142 valence electrons. The minimum absolute atomic E-state index is 0.0353. The number of carbonyl (C=O) groups excluding carboxylic acids is 1. The second kappa shape index (κ2) is 7.70. The molecule has 0 aliphatic carbocycles. The van der Waals surface area contributed by atoms with Crippen molar-refractivity contribution in [1.29, 1.82) is 0 Å². The van der Waals surface area contributed by atoms with Gasteiger partial charge in [0.15, 0.2) is 0 Å². The highest BCUT2D eigenvalue weighted by Crippen LogP contribution is 2.34. The van der Waals surface area contributed by atoms with Crippen molar-refractivity contribution >= 4 is 5.91 Å². The van der Waals surface area contributed by atoms with E-state index in [4.69, 9.17) is 4.74 Å². The number of amides is 1. The molecule has 0 saturated carbocycles. The third-order valence-corrected chi connectivity index (χ3v) is 5.20. The van der Waals surface area contributed by atoms with Crippen molar-refractivity contribution in [2.75, 3.05) is 32.8 Å². The summed E-state index contributed by atoms with van der Waals surface area (Å²) >= 11 is 0. The summed E-state index contributed by atoms with van der Waals surface area (Å²) in [4.78, 5) is 14.6. The Bertz CT molecular complexity index is 661. The van der Waals surface area contributed by atoms with Crippen LogP contribution in [0.2, 0.25) is 0 Å². The van der Waals surface area contributed by atoms with Crippen LogP contribution < -0.4 is 10.1 Å². The van der Waals surface area contributed by atoms with Crippen LogP contribution in [-0.2, 0) is 6.18 Å². The summed E-state index contributed by atoms with van der Waals surface area (Å²) in [7, 11) is 0. The molecule has 2 fully saturated rings. The lowest BCUT2D eigenvalue weighted by Gasteiger charge is -2.23. The first-order valence-electron chi connectivity index (χ1n) is 8.85. The molecule has 2 saturated heterocycles. The van der Waals surface area contributed by atoms with Gasteiger partial charge in [-0.05, 0) is 56.0 Å². The molecule has 1 aromatic carbocycles. The standard InChI is InChI=1S/C19H23F3N2O2/c1-2-9-26-17-4-3-15(19(20,21)22)10-16(17)18(25)24-7-5-13-11-23-12-14(13)6-8-24/h2-4,10,13-14,23H,1,5-9,11-12H2/t13-,14+. The molecule has 1 aromatic rings. The summed E-state index contributed by atoms with van der Waals surface area (Å²) in [5.41, 5.74) is -0.880. The molecule has 2 aliphatic rings. The van der Waals surface area contributed by atoms with Gasteiger partial charge in [-0.2, -0.15) is 13.2 Å². The SMILES string of the molecule is C=CCOc1ccc(C(F)(F)F)cc1C(=O)N1CC[C@@H]2CNC[C@@H]2CC1. The topological polar surface area (TPSA) is 41.6 Å². The summed E-state index contributed by atoms with van der Waals surface area (Å²) in [6.45, 7) is 6.67. The molecule has 1 amide bonds. The van der Waals surface area contributed by atoms with Gasteiger partial charge in [-0.25, -0.2) is 0 Å². The molecular weight excluding hydrogens is 345 g/mol. The number of nitrogens with zero attached hydrogens (tertiary/aromatic N) is 1. The number of hydrogen-bond donors (Lipinski definition) is 1. The molecule has 2 heterocycles. The van der Waals surface area contributed by atoms with Gasteiger partial charge in [-0.1, -0.05) is 12.7 Å². The molecule has 0 aromatic heterocycles. The van der Waals surface area contributed by atoms with E-state index in [9.17, 15) is 18.0 Å². The zero-order chi connectivity index (χ0) is 18.7. The predicted octanol–water partition coefficient (Wildman–Crippen LogP) is 3.34. The lowest BCUT2D eigenvalue weighted by Crippen LogP contribution is -2.33. The van der Waals surface area contributed by atoms with Crippen LogP contribution in [0.25, 0.3) is 0 Å². The molecular formula is C19H23F3N2O2. The molecule has 0 unspecified atom stereocenters. The number of rotatable bonds is 4. The van der Waals surface area contributed by atoms with Crippen molar-refractivity contribution in [3.8, 4) is 5.75 Å². The number of fused-ring (bicyclic) bond motifs is 1. The zero-order valence-corrected chi connectivity index (χ0v) is 14.5. The fraction of sp³-hybridized carbons (Fsp3) is 0.526. The first-order chi connectivity index (χ1) is 12.4. The third-order valence-electron chi connectivity index (χ3n) is 5.20. The van der Waals surface area contributed by atoms with Crippen molar-refractivity contribution in [3.05, 3.63) is 42.0 Å². The average Bonchev–Trinajstić information content (AvgIpc) is 2.97. The monoisotopic (exact) mass is 368 g/mol. The Hall–Kier alpha value is -2.02. The Balaban J connectivity index is 1.84. The highest BCUT2D eigenvalue weighted by atomic mass is 19.4. The highest BCUT2D eigenvalue weighted by molar-refractivity contribution is 5.97. The smallest absolute Gasteiger partial charge is 0.416 e. The Morgan fingerprint density at radius 1 is 1.27 bits per heavy atom. The quantitative estimate of drug-likeness (QED) is 0.829. The maximum absolute atomic E-state index is 13.1. The summed E-state index contributed by atoms with van der Waals surface area (Å²) < 4.78 is 44.7. The van der Waals surface area contributed by atoms with E-state index in [2.05, 4.69) is 11.9 Å². The summed E-state index contributed by atoms with van der Waals surface area (Å²) in [5.74, 6) is 0.827. The van der Waals surface area contributed by atoms with Gasteiger partial charge in [0.05, 0.1) is 11.1 Å². The van der Waals surface area contributed by atoms with Crippen molar-refractivity contribution in [2.24, 2.45) is 11.8 Å². The van der Waals surface area contributed by atoms with E-state index in [-0.39, 0.29) is 17.9 Å². The van der Waals surface area contributed by atoms with Crippen LogP contribution in [0, 0.1) is 11.8 Å².